The molecule has 0 N–H and O–H groups in total. The number of benzene rings is 10. The normalized spacial score (nSPS) is 30.1. The zero-order chi connectivity index (χ0) is 81.4. The fraction of sp³-hybridized carbons (Fsp3) is 0.440. The topological polar surface area (TPSA) is 78.9 Å². The first-order valence-corrected chi connectivity index (χ1v) is 45.6. The number of carbonyl (C=O) groups excluding carboxylic acids is 3. The van der Waals surface area contributed by atoms with Crippen molar-refractivity contribution >= 4 is 82.8 Å². The van der Waals surface area contributed by atoms with Gasteiger partial charge in [0.15, 0.2) is 11.6 Å². The second-order valence-corrected chi connectivity index (χ2v) is 41.5. The summed E-state index contributed by atoms with van der Waals surface area (Å²) < 4.78 is 18.3. The number of rotatable bonds is 5. The Bertz CT molecular complexity index is 5690. The number of ether oxygens (including phenoxy) is 3. The van der Waals surface area contributed by atoms with Gasteiger partial charge in [0.25, 0.3) is 0 Å². The number of fused-ring (bicyclic) bond motifs is 25. The number of carbonyl (C=O) groups is 3. The zero-order valence-corrected chi connectivity index (χ0v) is 73.5. The molecule has 15 atom stereocenters. The molecule has 117 heavy (non-hydrogen) atoms. The van der Waals surface area contributed by atoms with E-state index in [1.807, 2.05) is 66.7 Å². The number of halogens is 2. The highest BCUT2D eigenvalue weighted by Gasteiger charge is 2.53. The molecule has 0 bridgehead atoms. The van der Waals surface area contributed by atoms with E-state index in [0.717, 1.165) is 117 Å². The minimum atomic E-state index is 0.0793. The Hall–Kier alpha value is -8.36. The summed E-state index contributed by atoms with van der Waals surface area (Å²) in [7, 11) is 3.48. The fourth-order valence-corrected chi connectivity index (χ4v) is 27.5. The van der Waals surface area contributed by atoms with E-state index in [9.17, 15) is 14.4 Å². The van der Waals surface area contributed by atoms with Crippen molar-refractivity contribution < 1.29 is 28.6 Å². The van der Waals surface area contributed by atoms with E-state index in [1.165, 1.54) is 160 Å². The van der Waals surface area contributed by atoms with Crippen LogP contribution in [-0.2, 0) is 36.9 Å². The van der Waals surface area contributed by atoms with Crippen LogP contribution in [0.25, 0.3) is 49.0 Å². The molecule has 0 aliphatic heterocycles. The molecule has 0 aromatic heterocycles. The third-order valence-corrected chi connectivity index (χ3v) is 32.6. The van der Waals surface area contributed by atoms with Crippen molar-refractivity contribution in [2.24, 2.45) is 62.6 Å². The maximum atomic E-state index is 13.2. The van der Waals surface area contributed by atoms with Crippen molar-refractivity contribution in [3.05, 3.63) is 264 Å². The van der Waals surface area contributed by atoms with Gasteiger partial charge in [-0.3, -0.25) is 14.4 Å². The van der Waals surface area contributed by atoms with Gasteiger partial charge in [-0.2, -0.15) is 0 Å². The van der Waals surface area contributed by atoms with Gasteiger partial charge in [-0.1, -0.05) is 206 Å². The molecule has 0 spiro atoms. The van der Waals surface area contributed by atoms with Crippen molar-refractivity contribution in [1.82, 2.24) is 0 Å². The molecule has 10 aromatic carbocycles. The molecule has 10 aromatic rings. The van der Waals surface area contributed by atoms with Crippen LogP contribution < -0.4 is 14.2 Å². The van der Waals surface area contributed by atoms with E-state index < -0.39 is 0 Å². The predicted molar refractivity (Wildman–Crippen MR) is 485 cm³/mol. The average Bonchev–Trinajstić information content (AvgIpc) is 1.74. The van der Waals surface area contributed by atoms with Crippen molar-refractivity contribution in [2.45, 2.75) is 228 Å². The first-order chi connectivity index (χ1) is 56.2. The third kappa shape index (κ3) is 14.4. The number of ketones is 3. The average molecular weight is 1640 g/mol. The SMILES string of the molecule is COc1ccc(-c2cc3c(c4ccccc24)CC[C@]2(C)C[C@@H](C)C[C@@H]32)cc1.COc1ccc2c(Br)cc3c(c2c1)CC[C@]1(C)C[C@H](C)C[C@@H]31.C[C@H]1C[C@@H]2C3=CC(=O)c4ccccc4C3=CC[C@@]2(C)C1.C[C@H]1C[C@@H]2c3cc(Cl)c4c(c3CC[C@@]2(C)C1)CC(=O)CC4.C[C@H]1C[C@@H]2c3cc(Oc4ccccc4)c4ccccc4c3C(=O)C[C@@]2(C)C1. The lowest BCUT2D eigenvalue weighted by molar-refractivity contribution is -0.118. The summed E-state index contributed by atoms with van der Waals surface area (Å²) in [6, 6.07) is 59.5. The van der Waals surface area contributed by atoms with Gasteiger partial charge in [0.2, 0.25) is 0 Å². The maximum absolute atomic E-state index is 13.2. The molecule has 0 amide bonds. The predicted octanol–water partition coefficient (Wildman–Crippen LogP) is 29.3. The Morgan fingerprint density at radius 1 is 0.410 bits per heavy atom. The lowest BCUT2D eigenvalue weighted by Crippen LogP contribution is -2.30. The molecular formula is C109H118BrClO6. The van der Waals surface area contributed by atoms with Gasteiger partial charge in [0, 0.05) is 45.3 Å². The summed E-state index contributed by atoms with van der Waals surface area (Å²) in [5.41, 5.74) is 23.2. The van der Waals surface area contributed by atoms with E-state index in [0.29, 0.717) is 82.1 Å². The van der Waals surface area contributed by atoms with Crippen molar-refractivity contribution in [2.75, 3.05) is 14.2 Å². The number of aryl methyl sites for hydroxylation is 2. The van der Waals surface area contributed by atoms with Crippen LogP contribution in [-0.4, -0.2) is 31.6 Å². The van der Waals surface area contributed by atoms with Crippen LogP contribution in [0, 0.1) is 62.6 Å². The number of hydrogen-bond acceptors (Lipinski definition) is 6. The minimum Gasteiger partial charge on any atom is -0.497 e. The molecule has 0 unspecified atom stereocenters. The van der Waals surface area contributed by atoms with Crippen LogP contribution in [0.2, 0.25) is 5.02 Å². The molecule has 12 aliphatic rings. The first-order valence-electron chi connectivity index (χ1n) is 44.4. The van der Waals surface area contributed by atoms with Gasteiger partial charge < -0.3 is 14.2 Å². The van der Waals surface area contributed by atoms with Gasteiger partial charge in [-0.15, -0.1) is 0 Å². The lowest BCUT2D eigenvalue weighted by Gasteiger charge is -2.40. The molecule has 604 valence electrons. The lowest BCUT2D eigenvalue weighted by atomic mass is 9.65. The van der Waals surface area contributed by atoms with E-state index >= 15 is 0 Å². The van der Waals surface area contributed by atoms with E-state index in [1.54, 1.807) is 36.5 Å². The second kappa shape index (κ2) is 31.0. The third-order valence-electron chi connectivity index (χ3n) is 31.6. The molecule has 22 rings (SSSR count). The Kier molecular flexibility index (Phi) is 21.1. The summed E-state index contributed by atoms with van der Waals surface area (Å²) in [6.45, 7) is 24.1. The molecule has 12 aliphatic carbocycles. The first kappa shape index (κ1) is 79.7. The quantitative estimate of drug-likeness (QED) is 0.171. The van der Waals surface area contributed by atoms with Gasteiger partial charge in [0.1, 0.15) is 28.8 Å². The zero-order valence-electron chi connectivity index (χ0n) is 71.1. The Balaban J connectivity index is 0.000000101. The molecule has 5 saturated carbocycles. The second-order valence-electron chi connectivity index (χ2n) is 40.2. The number of hydrogen-bond donors (Lipinski definition) is 0. The van der Waals surface area contributed by atoms with Crippen LogP contribution in [0.3, 0.4) is 0 Å². The molecule has 0 radical (unpaired) electrons. The van der Waals surface area contributed by atoms with Crippen LogP contribution in [0.1, 0.15) is 272 Å². The van der Waals surface area contributed by atoms with E-state index in [4.69, 9.17) is 25.8 Å². The number of para-hydroxylation sites is 1. The van der Waals surface area contributed by atoms with E-state index in [-0.39, 0.29) is 11.2 Å². The minimum absolute atomic E-state index is 0.0793. The highest BCUT2D eigenvalue weighted by molar-refractivity contribution is 9.10. The van der Waals surface area contributed by atoms with Crippen molar-refractivity contribution in [1.29, 1.82) is 0 Å². The smallest absolute Gasteiger partial charge is 0.186 e. The highest BCUT2D eigenvalue weighted by atomic mass is 79.9. The van der Waals surface area contributed by atoms with Gasteiger partial charge in [-0.25, -0.2) is 0 Å². The van der Waals surface area contributed by atoms with Gasteiger partial charge in [-0.05, 0) is 379 Å². The molecule has 0 saturated heterocycles. The summed E-state index contributed by atoms with van der Waals surface area (Å²) in [5, 5.41) is 8.51. The summed E-state index contributed by atoms with van der Waals surface area (Å²) >= 11 is 10.4. The van der Waals surface area contributed by atoms with Crippen molar-refractivity contribution in [3.8, 4) is 34.1 Å². The van der Waals surface area contributed by atoms with Gasteiger partial charge in [0.05, 0.1) is 14.2 Å². The highest BCUT2D eigenvalue weighted by Crippen LogP contribution is 2.65. The van der Waals surface area contributed by atoms with E-state index in [2.05, 4.69) is 200 Å². The Morgan fingerprint density at radius 3 is 1.56 bits per heavy atom. The molecule has 0 heterocycles. The Labute approximate surface area is 708 Å². The maximum Gasteiger partial charge on any atom is 0.186 e. The standard InChI is InChI=1S/C26H28O.C25H24O2.C20H23BrO.C19H23ClO.C19H20O/c1-17-14-25-24-15-23(18-8-10-19(27-3)11-9-18)21-7-5-4-6-20(21)22(24)12-13-26(25,2)16-17;1-16-12-21-20-13-23(27-17-8-4-3-5-9-17)18-10-6-7-11-19(18)24(20)22(26)15-25(21,2)14-16;1-12-8-18-17-10-19(21)15-5-4-13(22-3)9-16(15)14(17)6-7-20(18,2)11-12;1-11-7-17-16-9-18(20)14-4-3-12(21)8-15(14)13(16)5-6-19(17,2)10-11;1-12-9-17-16-10-18(20)15-6-4-3-5-13(15)14(16)7-8-19(17,2)11-12/h4-11,15,17,25H,12-14,16H2,1-3H3;3-11,13,16,21H,12,14-15H2,1-2H3;4-5,9-10,12,18H,6-8,11H2,1-3H3;9,11,17H,3-8,10H2,1-2H3;3-7,10,12,17H,8-9,11H2,1-2H3/t17-,25-,26+;16-,21+,25+;12-,18+,20-;11-,17+,19-;12-,17+,19-/m00100/s1. The van der Waals surface area contributed by atoms with Crippen LogP contribution in [0.15, 0.2) is 192 Å². The molecular weight excluding hydrogens is 1520 g/mol. The largest absolute Gasteiger partial charge is 0.497 e. The summed E-state index contributed by atoms with van der Waals surface area (Å²) in [4.78, 5) is 37.5. The molecule has 5 fully saturated rings. The summed E-state index contributed by atoms with van der Waals surface area (Å²) in [6.07, 6.45) is 28.6. The number of Topliss-reactive ketones (excluding diaryl/α,β-unsaturated/α-hetero) is 2. The molecule has 6 nitrogen and oxygen atoms in total. The Morgan fingerprint density at radius 2 is 0.923 bits per heavy atom. The van der Waals surface area contributed by atoms with Gasteiger partial charge >= 0.3 is 0 Å². The van der Waals surface area contributed by atoms with Crippen molar-refractivity contribution in [3.63, 3.8) is 0 Å². The van der Waals surface area contributed by atoms with Crippen LogP contribution >= 0.6 is 27.5 Å². The van der Waals surface area contributed by atoms with Crippen LogP contribution in [0.5, 0.6) is 23.0 Å². The summed E-state index contributed by atoms with van der Waals surface area (Å²) in [5.74, 6) is 11.4. The molecule has 8 heteroatoms. The number of allylic oxidation sites excluding steroid dienone is 4. The monoisotopic (exact) mass is 1640 g/mol. The number of methoxy groups -OCH3 is 2. The van der Waals surface area contributed by atoms with Crippen LogP contribution in [0.4, 0.5) is 0 Å². The fourth-order valence-electron chi connectivity index (χ4n) is 26.5.